The Balaban J connectivity index is 1.66. The molecule has 1 atom stereocenters. The average Bonchev–Trinajstić information content (AvgIpc) is 3.01. The molecule has 0 bridgehead atoms. The first-order valence-electron chi connectivity index (χ1n) is 8.06. The second kappa shape index (κ2) is 7.18. The molecule has 1 aliphatic rings. The number of carboxylic acids is 1. The maximum Gasteiger partial charge on any atom is 0.306 e. The predicted octanol–water partition coefficient (Wildman–Crippen LogP) is 1.92. The van der Waals surface area contributed by atoms with Gasteiger partial charge in [-0.1, -0.05) is 18.5 Å². The summed E-state index contributed by atoms with van der Waals surface area (Å²) in [5.41, 5.74) is 0.759. The highest BCUT2D eigenvalue weighted by Crippen LogP contribution is 2.28. The maximum absolute atomic E-state index is 12.4. The highest BCUT2D eigenvalue weighted by atomic mass is 35.5. The first-order chi connectivity index (χ1) is 12.0. The summed E-state index contributed by atoms with van der Waals surface area (Å²) in [6.07, 6.45) is 1.41. The molecule has 2 N–H and O–H groups in total. The van der Waals surface area contributed by atoms with Gasteiger partial charge in [-0.25, -0.2) is 0 Å². The molecule has 2 aromatic rings. The fourth-order valence-corrected chi connectivity index (χ4v) is 2.89. The van der Waals surface area contributed by atoms with Gasteiger partial charge in [0.15, 0.2) is 6.04 Å². The Morgan fingerprint density at radius 3 is 2.64 bits per heavy atom. The van der Waals surface area contributed by atoms with Crippen LogP contribution in [0.2, 0.25) is 5.02 Å². The van der Waals surface area contributed by atoms with Crippen LogP contribution in [0.3, 0.4) is 0 Å². The summed E-state index contributed by atoms with van der Waals surface area (Å²) in [6, 6.07) is 6.34. The highest BCUT2D eigenvalue weighted by molar-refractivity contribution is 6.30. The minimum absolute atomic E-state index is 0.109. The second-order valence-corrected chi connectivity index (χ2v) is 6.51. The lowest BCUT2D eigenvalue weighted by atomic mass is 9.80. The average molecular weight is 364 g/mol. The molecule has 0 radical (unpaired) electrons. The summed E-state index contributed by atoms with van der Waals surface area (Å²) >= 11 is 5.86. The first kappa shape index (κ1) is 17.3. The zero-order valence-electron chi connectivity index (χ0n) is 13.6. The monoisotopic (exact) mass is 363 g/mol. The molecule has 25 heavy (non-hydrogen) atoms. The molecule has 9 heteroatoms. The number of aliphatic carboxylic acids is 1. The number of carbonyl (C=O) groups is 2. The lowest BCUT2D eigenvalue weighted by molar-refractivity contribution is -0.146. The molecule has 1 unspecified atom stereocenters. The summed E-state index contributed by atoms with van der Waals surface area (Å²) in [5.74, 6) is -0.997. The molecule has 1 aromatic heterocycles. The fourth-order valence-electron chi connectivity index (χ4n) is 2.76. The summed E-state index contributed by atoms with van der Waals surface area (Å²) in [7, 11) is 0. The van der Waals surface area contributed by atoms with Crippen LogP contribution >= 0.6 is 11.6 Å². The second-order valence-electron chi connectivity index (χ2n) is 6.08. The van der Waals surface area contributed by atoms with Crippen molar-refractivity contribution in [2.45, 2.75) is 38.3 Å². The van der Waals surface area contributed by atoms with Crippen molar-refractivity contribution in [2.75, 3.05) is 0 Å². The van der Waals surface area contributed by atoms with E-state index in [4.69, 9.17) is 16.7 Å². The standard InChI is InChI=1S/C16H18ClN5O3/c1-2-13(15(23)18-12-7-10(8-12)16(24)25)22-20-14(19-21-22)9-3-5-11(17)6-4-9/h3-6,10,12-13H,2,7-8H2,1H3,(H,18,23)(H,24,25). The van der Waals surface area contributed by atoms with Gasteiger partial charge in [0.2, 0.25) is 11.7 Å². The number of aromatic nitrogens is 4. The Labute approximate surface area is 149 Å². The van der Waals surface area contributed by atoms with Crippen molar-refractivity contribution in [3.63, 3.8) is 0 Å². The smallest absolute Gasteiger partial charge is 0.306 e. The minimum Gasteiger partial charge on any atom is -0.481 e. The summed E-state index contributed by atoms with van der Waals surface area (Å²) < 4.78 is 0. The van der Waals surface area contributed by atoms with Crippen molar-refractivity contribution in [1.82, 2.24) is 25.5 Å². The third-order valence-corrected chi connectivity index (χ3v) is 4.58. The molecule has 1 heterocycles. The van der Waals surface area contributed by atoms with Crippen molar-refractivity contribution in [2.24, 2.45) is 5.92 Å². The zero-order valence-corrected chi connectivity index (χ0v) is 14.3. The van der Waals surface area contributed by atoms with Crippen LogP contribution in [0.4, 0.5) is 0 Å². The number of tetrazole rings is 1. The largest absolute Gasteiger partial charge is 0.481 e. The summed E-state index contributed by atoms with van der Waals surface area (Å²) in [4.78, 5) is 24.6. The van der Waals surface area contributed by atoms with E-state index in [2.05, 4.69) is 20.7 Å². The first-order valence-corrected chi connectivity index (χ1v) is 8.44. The number of amides is 1. The lowest BCUT2D eigenvalue weighted by Crippen LogP contribution is -2.48. The lowest BCUT2D eigenvalue weighted by Gasteiger charge is -2.33. The Bertz CT molecular complexity index is 770. The molecule has 0 spiro atoms. The molecule has 0 saturated heterocycles. The number of nitrogens with one attached hydrogen (secondary N) is 1. The van der Waals surface area contributed by atoms with Crippen LogP contribution in [0.15, 0.2) is 24.3 Å². The van der Waals surface area contributed by atoms with Crippen LogP contribution in [0, 0.1) is 5.92 Å². The minimum atomic E-state index is -0.817. The molecule has 1 aromatic carbocycles. The van der Waals surface area contributed by atoms with E-state index in [9.17, 15) is 9.59 Å². The van der Waals surface area contributed by atoms with Gasteiger partial charge in [0.25, 0.3) is 0 Å². The molecule has 1 amide bonds. The van der Waals surface area contributed by atoms with Gasteiger partial charge in [-0.2, -0.15) is 4.80 Å². The zero-order chi connectivity index (χ0) is 18.0. The van der Waals surface area contributed by atoms with Crippen LogP contribution in [-0.2, 0) is 9.59 Å². The van der Waals surface area contributed by atoms with Crippen LogP contribution in [0.25, 0.3) is 11.4 Å². The van der Waals surface area contributed by atoms with E-state index in [1.165, 1.54) is 4.80 Å². The molecule has 1 saturated carbocycles. The molecule has 8 nitrogen and oxygen atoms in total. The third-order valence-electron chi connectivity index (χ3n) is 4.33. The van der Waals surface area contributed by atoms with Crippen molar-refractivity contribution in [3.05, 3.63) is 29.3 Å². The molecule has 132 valence electrons. The van der Waals surface area contributed by atoms with Gasteiger partial charge in [-0.05, 0) is 48.7 Å². The Hall–Kier alpha value is -2.48. The number of benzene rings is 1. The van der Waals surface area contributed by atoms with Crippen LogP contribution in [-0.4, -0.2) is 43.2 Å². The summed E-state index contributed by atoms with van der Waals surface area (Å²) in [5, 5.41) is 24.6. The topological polar surface area (TPSA) is 110 Å². The number of hydrogen-bond acceptors (Lipinski definition) is 5. The number of carbonyl (C=O) groups excluding carboxylic acids is 1. The number of hydrogen-bond donors (Lipinski definition) is 2. The van der Waals surface area contributed by atoms with Gasteiger partial charge >= 0.3 is 5.97 Å². The summed E-state index contributed by atoms with van der Waals surface area (Å²) in [6.45, 7) is 1.86. The van der Waals surface area contributed by atoms with E-state index in [0.29, 0.717) is 30.1 Å². The number of nitrogens with zero attached hydrogens (tertiary/aromatic N) is 4. The third kappa shape index (κ3) is 3.79. The molecule has 0 aliphatic heterocycles. The van der Waals surface area contributed by atoms with Crippen molar-refractivity contribution >= 4 is 23.5 Å². The van der Waals surface area contributed by atoms with E-state index in [-0.39, 0.29) is 17.9 Å². The predicted molar refractivity (Wildman–Crippen MR) is 89.9 cm³/mol. The fraction of sp³-hybridized carbons (Fsp3) is 0.438. The van der Waals surface area contributed by atoms with Gasteiger partial charge < -0.3 is 10.4 Å². The van der Waals surface area contributed by atoms with Gasteiger partial charge in [-0.3, -0.25) is 9.59 Å². The van der Waals surface area contributed by atoms with E-state index in [1.54, 1.807) is 24.3 Å². The molecular weight excluding hydrogens is 346 g/mol. The quantitative estimate of drug-likeness (QED) is 0.811. The Morgan fingerprint density at radius 1 is 1.36 bits per heavy atom. The molecule has 1 aliphatic carbocycles. The maximum atomic E-state index is 12.4. The number of rotatable bonds is 6. The van der Waals surface area contributed by atoms with E-state index < -0.39 is 12.0 Å². The number of halogens is 1. The van der Waals surface area contributed by atoms with Crippen molar-refractivity contribution in [3.8, 4) is 11.4 Å². The van der Waals surface area contributed by atoms with Crippen LogP contribution in [0.1, 0.15) is 32.2 Å². The van der Waals surface area contributed by atoms with Crippen molar-refractivity contribution in [1.29, 1.82) is 0 Å². The Kier molecular flexibility index (Phi) is 4.98. The van der Waals surface area contributed by atoms with Gasteiger partial charge in [-0.15, -0.1) is 10.2 Å². The van der Waals surface area contributed by atoms with E-state index in [0.717, 1.165) is 5.56 Å². The number of carboxylic acid groups (broad SMARTS) is 1. The molecule has 3 rings (SSSR count). The van der Waals surface area contributed by atoms with Crippen LogP contribution in [0.5, 0.6) is 0 Å². The van der Waals surface area contributed by atoms with Gasteiger partial charge in [0.05, 0.1) is 5.92 Å². The SMILES string of the molecule is CCC(C(=O)NC1CC(C(=O)O)C1)n1nnc(-c2ccc(Cl)cc2)n1. The van der Waals surface area contributed by atoms with Gasteiger partial charge in [0.1, 0.15) is 0 Å². The Morgan fingerprint density at radius 2 is 2.04 bits per heavy atom. The van der Waals surface area contributed by atoms with Crippen LogP contribution < -0.4 is 5.32 Å². The normalized spacial score (nSPS) is 20.6. The molecule has 1 fully saturated rings. The van der Waals surface area contributed by atoms with E-state index >= 15 is 0 Å². The van der Waals surface area contributed by atoms with E-state index in [1.807, 2.05) is 6.92 Å². The molecular formula is C16H18ClN5O3. The highest BCUT2D eigenvalue weighted by Gasteiger charge is 2.36. The van der Waals surface area contributed by atoms with Gasteiger partial charge in [0, 0.05) is 16.6 Å². The van der Waals surface area contributed by atoms with Crippen molar-refractivity contribution < 1.29 is 14.7 Å².